The van der Waals surface area contributed by atoms with Crippen LogP contribution in [0.5, 0.6) is 0 Å². The van der Waals surface area contributed by atoms with E-state index in [1.807, 2.05) is 0 Å². The van der Waals surface area contributed by atoms with Gasteiger partial charge < -0.3 is 18.9 Å². The number of rotatable bonds is 6. The highest BCUT2D eigenvalue weighted by atomic mass is 16.9. The molecule has 1 rings (SSSR count). The van der Waals surface area contributed by atoms with Gasteiger partial charge in [-0.25, -0.2) is 0 Å². The molecule has 0 N–H and O–H groups in total. The van der Waals surface area contributed by atoms with E-state index in [1.165, 1.54) is 21.3 Å². The minimum atomic E-state index is -1.16. The van der Waals surface area contributed by atoms with Crippen LogP contribution in [0.2, 0.25) is 0 Å². The lowest BCUT2D eigenvalue weighted by Gasteiger charge is -2.29. The van der Waals surface area contributed by atoms with Crippen molar-refractivity contribution in [1.82, 2.24) is 0 Å². The van der Waals surface area contributed by atoms with Gasteiger partial charge in [0.15, 0.2) is 0 Å². The standard InChI is InChI=1S/C10H16O6/c1-13-10(14-2,15-3)5-4-7-6-8(11)16-9(7)12/h7H,4-6H2,1-3H3. The molecule has 6 nitrogen and oxygen atoms in total. The first-order chi connectivity index (χ1) is 7.56. The molecule has 0 spiro atoms. The van der Waals surface area contributed by atoms with Crippen molar-refractivity contribution in [3.8, 4) is 0 Å². The van der Waals surface area contributed by atoms with E-state index in [0.717, 1.165) is 0 Å². The largest absolute Gasteiger partial charge is 0.393 e. The molecule has 1 aliphatic heterocycles. The van der Waals surface area contributed by atoms with Crippen LogP contribution in [0.4, 0.5) is 0 Å². The fraction of sp³-hybridized carbons (Fsp3) is 0.800. The molecule has 0 saturated carbocycles. The lowest BCUT2D eigenvalue weighted by Crippen LogP contribution is -2.36. The molecule has 1 unspecified atom stereocenters. The van der Waals surface area contributed by atoms with Gasteiger partial charge in [0.2, 0.25) is 0 Å². The van der Waals surface area contributed by atoms with Crippen LogP contribution < -0.4 is 0 Å². The quantitative estimate of drug-likeness (QED) is 0.376. The van der Waals surface area contributed by atoms with Crippen LogP contribution in [0.1, 0.15) is 19.3 Å². The second-order valence-electron chi connectivity index (χ2n) is 3.53. The third kappa shape index (κ3) is 2.78. The second kappa shape index (κ2) is 5.38. The molecule has 0 amide bonds. The van der Waals surface area contributed by atoms with Crippen molar-refractivity contribution in [1.29, 1.82) is 0 Å². The van der Waals surface area contributed by atoms with Gasteiger partial charge in [-0.1, -0.05) is 0 Å². The number of hydrogen-bond donors (Lipinski definition) is 0. The van der Waals surface area contributed by atoms with Crippen molar-refractivity contribution in [2.45, 2.75) is 25.2 Å². The molecule has 92 valence electrons. The predicted molar refractivity (Wildman–Crippen MR) is 52.2 cm³/mol. The van der Waals surface area contributed by atoms with E-state index in [0.29, 0.717) is 12.8 Å². The van der Waals surface area contributed by atoms with Crippen molar-refractivity contribution >= 4 is 11.9 Å². The van der Waals surface area contributed by atoms with Crippen LogP contribution in [0.15, 0.2) is 0 Å². The van der Waals surface area contributed by atoms with E-state index in [1.54, 1.807) is 0 Å². The van der Waals surface area contributed by atoms with Gasteiger partial charge in [0.05, 0.1) is 12.3 Å². The van der Waals surface area contributed by atoms with Gasteiger partial charge in [-0.05, 0) is 6.42 Å². The Morgan fingerprint density at radius 1 is 1.25 bits per heavy atom. The molecule has 16 heavy (non-hydrogen) atoms. The zero-order valence-electron chi connectivity index (χ0n) is 9.65. The fourth-order valence-corrected chi connectivity index (χ4v) is 1.65. The summed E-state index contributed by atoms with van der Waals surface area (Å²) in [5.74, 6) is -2.55. The Labute approximate surface area is 93.8 Å². The summed E-state index contributed by atoms with van der Waals surface area (Å²) >= 11 is 0. The van der Waals surface area contributed by atoms with Crippen LogP contribution in [0.3, 0.4) is 0 Å². The number of methoxy groups -OCH3 is 3. The lowest BCUT2D eigenvalue weighted by atomic mass is 10.0. The average molecular weight is 232 g/mol. The van der Waals surface area contributed by atoms with E-state index in [9.17, 15) is 9.59 Å². The summed E-state index contributed by atoms with van der Waals surface area (Å²) in [5, 5.41) is 0. The Morgan fingerprint density at radius 2 is 1.81 bits per heavy atom. The van der Waals surface area contributed by atoms with Crippen LogP contribution in [0.25, 0.3) is 0 Å². The monoisotopic (exact) mass is 232 g/mol. The first-order valence-electron chi connectivity index (χ1n) is 4.97. The summed E-state index contributed by atoms with van der Waals surface area (Å²) < 4.78 is 19.7. The van der Waals surface area contributed by atoms with Crippen molar-refractivity contribution < 1.29 is 28.5 Å². The smallest absolute Gasteiger partial charge is 0.317 e. The average Bonchev–Trinajstić information content (AvgIpc) is 2.60. The van der Waals surface area contributed by atoms with Crippen LogP contribution in [0, 0.1) is 5.92 Å². The SMILES string of the molecule is COC(CCC1CC(=O)OC1=O)(OC)OC. The zero-order valence-corrected chi connectivity index (χ0v) is 9.65. The molecule has 0 aromatic rings. The summed E-state index contributed by atoms with van der Waals surface area (Å²) in [6.45, 7) is 0. The molecule has 0 aliphatic carbocycles. The molecule has 0 aromatic carbocycles. The number of ether oxygens (including phenoxy) is 4. The highest BCUT2D eigenvalue weighted by Gasteiger charge is 2.37. The van der Waals surface area contributed by atoms with E-state index in [-0.39, 0.29) is 6.42 Å². The third-order valence-corrected chi connectivity index (χ3v) is 2.69. The summed E-state index contributed by atoms with van der Waals surface area (Å²) in [6.07, 6.45) is 0.885. The highest BCUT2D eigenvalue weighted by Crippen LogP contribution is 2.27. The van der Waals surface area contributed by atoms with Crippen LogP contribution in [-0.4, -0.2) is 39.2 Å². The number of carbonyl (C=O) groups excluding carboxylic acids is 2. The van der Waals surface area contributed by atoms with Gasteiger partial charge in [0.25, 0.3) is 5.97 Å². The highest BCUT2D eigenvalue weighted by molar-refractivity contribution is 5.94. The molecule has 1 saturated heterocycles. The van der Waals surface area contributed by atoms with E-state index in [4.69, 9.17) is 14.2 Å². The minimum absolute atomic E-state index is 0.117. The van der Waals surface area contributed by atoms with Crippen molar-refractivity contribution in [3.63, 3.8) is 0 Å². The van der Waals surface area contributed by atoms with Gasteiger partial charge >= 0.3 is 11.9 Å². The number of hydrogen-bond acceptors (Lipinski definition) is 6. The maximum Gasteiger partial charge on any atom is 0.317 e. The second-order valence-corrected chi connectivity index (χ2v) is 3.53. The molecule has 1 atom stereocenters. The molecule has 0 bridgehead atoms. The summed E-state index contributed by atoms with van der Waals surface area (Å²) in [6, 6.07) is 0. The Balaban J connectivity index is 2.49. The molecule has 0 aromatic heterocycles. The van der Waals surface area contributed by atoms with E-state index < -0.39 is 23.8 Å². The Kier molecular flexibility index (Phi) is 4.40. The Bertz CT molecular complexity index is 262. The first kappa shape index (κ1) is 13.1. The minimum Gasteiger partial charge on any atom is -0.393 e. The van der Waals surface area contributed by atoms with Crippen molar-refractivity contribution in [2.24, 2.45) is 5.92 Å². The maximum atomic E-state index is 11.2. The fourth-order valence-electron chi connectivity index (χ4n) is 1.65. The van der Waals surface area contributed by atoms with Gasteiger partial charge in [0.1, 0.15) is 0 Å². The molecule has 0 radical (unpaired) electrons. The zero-order chi connectivity index (χ0) is 12.2. The first-order valence-corrected chi connectivity index (χ1v) is 4.97. The molecular formula is C10H16O6. The van der Waals surface area contributed by atoms with Gasteiger partial charge in [-0.15, -0.1) is 0 Å². The van der Waals surface area contributed by atoms with Crippen molar-refractivity contribution in [3.05, 3.63) is 0 Å². The molecule has 1 aliphatic rings. The van der Waals surface area contributed by atoms with Crippen molar-refractivity contribution in [2.75, 3.05) is 21.3 Å². The Morgan fingerprint density at radius 3 is 2.19 bits per heavy atom. The van der Waals surface area contributed by atoms with Gasteiger partial charge in [-0.3, -0.25) is 9.59 Å². The Hall–Kier alpha value is -0.980. The number of carbonyl (C=O) groups is 2. The predicted octanol–water partition coefficient (Wildman–Crippen LogP) is 0.449. The van der Waals surface area contributed by atoms with Crippen LogP contribution >= 0.6 is 0 Å². The molecule has 6 heteroatoms. The van der Waals surface area contributed by atoms with E-state index in [2.05, 4.69) is 4.74 Å². The number of esters is 2. The summed E-state index contributed by atoms with van der Waals surface area (Å²) in [4.78, 5) is 22.1. The molecular weight excluding hydrogens is 216 g/mol. The topological polar surface area (TPSA) is 71.1 Å². The number of cyclic esters (lactones) is 2. The normalized spacial score (nSPS) is 21.3. The summed E-state index contributed by atoms with van der Waals surface area (Å²) in [5.41, 5.74) is 0. The lowest BCUT2D eigenvalue weighted by molar-refractivity contribution is -0.355. The summed E-state index contributed by atoms with van der Waals surface area (Å²) in [7, 11) is 4.35. The molecule has 1 heterocycles. The maximum absolute atomic E-state index is 11.2. The van der Waals surface area contributed by atoms with Crippen LogP contribution in [-0.2, 0) is 28.5 Å². The third-order valence-electron chi connectivity index (χ3n) is 2.69. The van der Waals surface area contributed by atoms with E-state index >= 15 is 0 Å². The molecule has 1 fully saturated rings. The van der Waals surface area contributed by atoms with Gasteiger partial charge in [-0.2, -0.15) is 0 Å². The van der Waals surface area contributed by atoms with Gasteiger partial charge in [0, 0.05) is 27.8 Å².